The molecule has 6 heteroatoms. The van der Waals surface area contributed by atoms with Crippen LogP contribution in [0, 0.1) is 0 Å². The van der Waals surface area contributed by atoms with E-state index in [1.54, 1.807) is 22.7 Å². The predicted octanol–water partition coefficient (Wildman–Crippen LogP) is 4.34. The van der Waals surface area contributed by atoms with Crippen molar-refractivity contribution in [2.75, 3.05) is 17.7 Å². The molecule has 1 aromatic carbocycles. The molecule has 19 heavy (non-hydrogen) atoms. The molecule has 3 rings (SSSR count). The lowest BCUT2D eigenvalue weighted by atomic mass is 10.3. The lowest BCUT2D eigenvalue weighted by Gasteiger charge is -2.14. The van der Waals surface area contributed by atoms with Crippen molar-refractivity contribution < 1.29 is 0 Å². The summed E-state index contributed by atoms with van der Waals surface area (Å²) in [6.45, 7) is 0.859. The maximum atomic E-state index is 5.80. The van der Waals surface area contributed by atoms with Crippen molar-refractivity contribution in [1.29, 1.82) is 0 Å². The second-order valence-corrected chi connectivity index (χ2v) is 7.64. The van der Waals surface area contributed by atoms with Crippen LogP contribution in [0.25, 0.3) is 10.2 Å². The van der Waals surface area contributed by atoms with Gasteiger partial charge < -0.3 is 10.6 Å². The summed E-state index contributed by atoms with van der Waals surface area (Å²) in [4.78, 5) is 6.80. The second-order valence-electron chi connectivity index (χ2n) is 4.34. The van der Waals surface area contributed by atoms with Crippen LogP contribution in [0.5, 0.6) is 0 Å². The number of thiophene rings is 1. The molecule has 2 aromatic heterocycles. The Kier molecular flexibility index (Phi) is 3.47. The van der Waals surface area contributed by atoms with Gasteiger partial charge in [-0.05, 0) is 51.1 Å². The van der Waals surface area contributed by atoms with E-state index in [1.165, 1.54) is 5.56 Å². The van der Waals surface area contributed by atoms with Gasteiger partial charge in [0.25, 0.3) is 0 Å². The van der Waals surface area contributed by atoms with Gasteiger partial charge in [0, 0.05) is 19.3 Å². The molecule has 0 radical (unpaired) electrons. The van der Waals surface area contributed by atoms with Gasteiger partial charge in [-0.2, -0.15) is 0 Å². The van der Waals surface area contributed by atoms with Gasteiger partial charge in [0.15, 0.2) is 5.13 Å². The van der Waals surface area contributed by atoms with Crippen LogP contribution in [0.1, 0.15) is 5.56 Å². The van der Waals surface area contributed by atoms with Gasteiger partial charge in [-0.1, -0.05) is 11.3 Å². The molecule has 0 aliphatic carbocycles. The third kappa shape index (κ3) is 2.75. The molecule has 2 heterocycles. The smallest absolute Gasteiger partial charge is 0.186 e. The number of anilines is 2. The molecule has 0 bridgehead atoms. The molecule has 0 unspecified atom stereocenters. The van der Waals surface area contributed by atoms with Gasteiger partial charge in [-0.25, -0.2) is 4.98 Å². The van der Waals surface area contributed by atoms with E-state index >= 15 is 0 Å². The molecular weight excluding hydrogens is 342 g/mol. The molecule has 0 atom stereocenters. The van der Waals surface area contributed by atoms with Crippen LogP contribution >= 0.6 is 38.6 Å². The van der Waals surface area contributed by atoms with E-state index in [1.807, 2.05) is 18.2 Å². The minimum Gasteiger partial charge on any atom is -0.399 e. The van der Waals surface area contributed by atoms with Crippen molar-refractivity contribution in [2.24, 2.45) is 0 Å². The van der Waals surface area contributed by atoms with Crippen LogP contribution in [0.2, 0.25) is 0 Å². The number of aromatic nitrogens is 1. The van der Waals surface area contributed by atoms with Crippen molar-refractivity contribution in [2.45, 2.75) is 6.54 Å². The number of fused-ring (bicyclic) bond motifs is 1. The first-order valence-corrected chi connectivity index (χ1v) is 8.21. The second kappa shape index (κ2) is 5.11. The zero-order valence-corrected chi connectivity index (χ0v) is 13.5. The van der Waals surface area contributed by atoms with Crippen LogP contribution in [0.15, 0.2) is 33.4 Å². The average Bonchev–Trinajstić information content (AvgIpc) is 2.95. The summed E-state index contributed by atoms with van der Waals surface area (Å²) in [7, 11) is 2.06. The number of nitrogens with zero attached hydrogens (tertiary/aromatic N) is 2. The SMILES string of the molecule is CN(Cc1csc(Br)c1)c1nc2ccc(N)cc2s1. The highest BCUT2D eigenvalue weighted by Crippen LogP contribution is 2.31. The van der Waals surface area contributed by atoms with Crippen LogP contribution in [-0.2, 0) is 6.54 Å². The monoisotopic (exact) mass is 353 g/mol. The largest absolute Gasteiger partial charge is 0.399 e. The first-order chi connectivity index (χ1) is 9.11. The van der Waals surface area contributed by atoms with Crippen molar-refractivity contribution in [3.63, 3.8) is 0 Å². The summed E-state index contributed by atoms with van der Waals surface area (Å²) in [5, 5.41) is 3.18. The Hall–Kier alpha value is -1.11. The Bertz CT molecular complexity index is 720. The Morgan fingerprint density at radius 3 is 2.95 bits per heavy atom. The van der Waals surface area contributed by atoms with E-state index in [0.29, 0.717) is 0 Å². The van der Waals surface area contributed by atoms with Crippen molar-refractivity contribution in [3.8, 4) is 0 Å². The van der Waals surface area contributed by atoms with Crippen LogP contribution in [0.4, 0.5) is 10.8 Å². The number of thiazole rings is 1. The Labute approximate surface area is 127 Å². The van der Waals surface area contributed by atoms with E-state index < -0.39 is 0 Å². The quantitative estimate of drug-likeness (QED) is 0.712. The standard InChI is InChI=1S/C13H12BrN3S2/c1-17(6-8-4-12(14)18-7-8)13-16-10-3-2-9(15)5-11(10)19-13/h2-5,7H,6,15H2,1H3. The number of rotatable bonds is 3. The summed E-state index contributed by atoms with van der Waals surface area (Å²) in [5.41, 5.74) is 8.88. The van der Waals surface area contributed by atoms with E-state index in [-0.39, 0.29) is 0 Å². The maximum Gasteiger partial charge on any atom is 0.186 e. The van der Waals surface area contributed by atoms with Crippen molar-refractivity contribution >= 4 is 59.6 Å². The highest BCUT2D eigenvalue weighted by molar-refractivity contribution is 9.11. The van der Waals surface area contributed by atoms with Crippen LogP contribution in [0.3, 0.4) is 0 Å². The summed E-state index contributed by atoms with van der Waals surface area (Å²) in [6.07, 6.45) is 0. The van der Waals surface area contributed by atoms with Gasteiger partial charge in [-0.3, -0.25) is 0 Å². The van der Waals surface area contributed by atoms with Gasteiger partial charge in [-0.15, -0.1) is 11.3 Å². The minimum absolute atomic E-state index is 0.784. The molecule has 2 N–H and O–H groups in total. The maximum absolute atomic E-state index is 5.80. The zero-order valence-electron chi connectivity index (χ0n) is 10.3. The van der Waals surface area contributed by atoms with Crippen LogP contribution < -0.4 is 10.6 Å². The number of hydrogen-bond acceptors (Lipinski definition) is 5. The number of benzene rings is 1. The molecular formula is C13H12BrN3S2. The lowest BCUT2D eigenvalue weighted by molar-refractivity contribution is 0.921. The van der Waals surface area contributed by atoms with E-state index in [2.05, 4.69) is 44.3 Å². The topological polar surface area (TPSA) is 42.2 Å². The fraction of sp³-hybridized carbons (Fsp3) is 0.154. The average molecular weight is 354 g/mol. The molecule has 0 amide bonds. The minimum atomic E-state index is 0.784. The molecule has 0 saturated heterocycles. The number of nitrogen functional groups attached to an aromatic ring is 1. The van der Waals surface area contributed by atoms with Gasteiger partial charge in [0.2, 0.25) is 0 Å². The fourth-order valence-corrected chi connectivity index (χ4v) is 4.04. The van der Waals surface area contributed by atoms with Crippen molar-refractivity contribution in [1.82, 2.24) is 4.98 Å². The van der Waals surface area contributed by atoms with E-state index in [0.717, 1.165) is 31.4 Å². The van der Waals surface area contributed by atoms with E-state index in [4.69, 9.17) is 5.73 Å². The third-order valence-electron chi connectivity index (χ3n) is 2.77. The Balaban J connectivity index is 1.86. The number of hydrogen-bond donors (Lipinski definition) is 1. The van der Waals surface area contributed by atoms with Gasteiger partial charge in [0.05, 0.1) is 14.0 Å². The third-order valence-corrected chi connectivity index (χ3v) is 5.45. The highest BCUT2D eigenvalue weighted by Gasteiger charge is 2.10. The lowest BCUT2D eigenvalue weighted by Crippen LogP contribution is -2.15. The molecule has 0 aliphatic rings. The molecule has 3 aromatic rings. The summed E-state index contributed by atoms with van der Waals surface area (Å²) < 4.78 is 2.29. The molecule has 98 valence electrons. The molecule has 0 fully saturated rings. The van der Waals surface area contributed by atoms with Gasteiger partial charge >= 0.3 is 0 Å². The number of nitrogens with two attached hydrogens (primary N) is 1. The summed E-state index contributed by atoms with van der Waals surface area (Å²) in [6, 6.07) is 7.99. The normalized spacial score (nSPS) is 11.1. The van der Waals surface area contributed by atoms with E-state index in [9.17, 15) is 0 Å². The summed E-state index contributed by atoms with van der Waals surface area (Å²) >= 11 is 6.86. The molecule has 0 aliphatic heterocycles. The molecule has 0 saturated carbocycles. The fourth-order valence-electron chi connectivity index (χ4n) is 1.86. The van der Waals surface area contributed by atoms with Gasteiger partial charge in [0.1, 0.15) is 0 Å². The number of halogens is 1. The Morgan fingerprint density at radius 1 is 1.37 bits per heavy atom. The van der Waals surface area contributed by atoms with Crippen LogP contribution in [-0.4, -0.2) is 12.0 Å². The first-order valence-electron chi connectivity index (χ1n) is 5.72. The first kappa shape index (κ1) is 12.9. The molecule has 0 spiro atoms. The predicted molar refractivity (Wildman–Crippen MR) is 88.2 cm³/mol. The highest BCUT2D eigenvalue weighted by atomic mass is 79.9. The Morgan fingerprint density at radius 2 is 2.21 bits per heavy atom. The summed E-state index contributed by atoms with van der Waals surface area (Å²) in [5.74, 6) is 0. The zero-order chi connectivity index (χ0) is 13.4. The van der Waals surface area contributed by atoms with Crippen molar-refractivity contribution in [3.05, 3.63) is 39.0 Å². The molecule has 3 nitrogen and oxygen atoms in total.